The molecule has 2 heterocycles. The van der Waals surface area contributed by atoms with Gasteiger partial charge in [0.15, 0.2) is 5.15 Å². The van der Waals surface area contributed by atoms with E-state index in [0.717, 1.165) is 33.3 Å². The molecule has 1 amide bonds. The monoisotopic (exact) mass is 440 g/mol. The van der Waals surface area contributed by atoms with Gasteiger partial charge in [-0.25, -0.2) is 9.97 Å². The van der Waals surface area contributed by atoms with Crippen LogP contribution in [0.1, 0.15) is 30.0 Å². The summed E-state index contributed by atoms with van der Waals surface area (Å²) in [4.78, 5) is 26.3. The van der Waals surface area contributed by atoms with Gasteiger partial charge in [-0.1, -0.05) is 72.3 Å². The minimum Gasteiger partial charge on any atom is -0.369 e. The molecule has 1 aliphatic carbocycles. The molecule has 5 rings (SSSR count). The number of fused-ring (bicyclic) bond motifs is 1. The molecule has 0 bridgehead atoms. The Labute approximate surface area is 191 Å². The molecular weight excluding hydrogens is 420 g/mol. The highest BCUT2D eigenvalue weighted by atomic mass is 35.5. The summed E-state index contributed by atoms with van der Waals surface area (Å²) in [6.45, 7) is 4.04. The third-order valence-electron chi connectivity index (χ3n) is 6.25. The van der Waals surface area contributed by atoms with E-state index in [-0.39, 0.29) is 11.1 Å². The van der Waals surface area contributed by atoms with Crippen LogP contribution in [0.25, 0.3) is 22.2 Å². The van der Waals surface area contributed by atoms with Gasteiger partial charge in [-0.05, 0) is 30.5 Å². The van der Waals surface area contributed by atoms with Gasteiger partial charge < -0.3 is 5.73 Å². The maximum absolute atomic E-state index is 12.7. The molecule has 0 saturated heterocycles. The smallest absolute Gasteiger partial charge is 0.225 e. The number of halogens is 1. The third-order valence-corrected chi connectivity index (χ3v) is 6.54. The SMILES string of the molecule is C=C1CC(C(N)=O)(C(c2ccc3ccc(-c4ccccc4)nc3c2)c2nccnc2Cl)C1. The zero-order chi connectivity index (χ0) is 22.3. The Morgan fingerprint density at radius 1 is 1.03 bits per heavy atom. The molecule has 1 saturated carbocycles. The summed E-state index contributed by atoms with van der Waals surface area (Å²) in [7, 11) is 0. The fourth-order valence-corrected chi connectivity index (χ4v) is 4.92. The predicted molar refractivity (Wildman–Crippen MR) is 126 cm³/mol. The van der Waals surface area contributed by atoms with Crippen LogP contribution < -0.4 is 5.73 Å². The fourth-order valence-electron chi connectivity index (χ4n) is 4.71. The number of primary amides is 1. The first-order valence-corrected chi connectivity index (χ1v) is 10.7. The molecule has 2 aromatic carbocycles. The molecule has 0 aliphatic heterocycles. The van der Waals surface area contributed by atoms with Gasteiger partial charge in [-0.2, -0.15) is 0 Å². The van der Waals surface area contributed by atoms with Crippen LogP contribution >= 0.6 is 11.6 Å². The summed E-state index contributed by atoms with van der Waals surface area (Å²) >= 11 is 6.46. The van der Waals surface area contributed by atoms with E-state index in [2.05, 4.69) is 16.5 Å². The Bertz CT molecular complexity index is 1340. The molecule has 1 atom stereocenters. The molecule has 158 valence electrons. The third kappa shape index (κ3) is 3.35. The van der Waals surface area contributed by atoms with Crippen LogP contribution in [0.5, 0.6) is 0 Å². The van der Waals surface area contributed by atoms with E-state index in [0.29, 0.717) is 18.5 Å². The zero-order valence-corrected chi connectivity index (χ0v) is 18.1. The maximum Gasteiger partial charge on any atom is 0.225 e. The van der Waals surface area contributed by atoms with Gasteiger partial charge in [0.1, 0.15) is 0 Å². The minimum atomic E-state index is -0.846. The van der Waals surface area contributed by atoms with Crippen LogP contribution in [-0.4, -0.2) is 20.9 Å². The highest BCUT2D eigenvalue weighted by molar-refractivity contribution is 6.30. The number of pyridine rings is 1. The first-order chi connectivity index (χ1) is 15.5. The van der Waals surface area contributed by atoms with Gasteiger partial charge >= 0.3 is 0 Å². The molecule has 32 heavy (non-hydrogen) atoms. The molecule has 2 aromatic heterocycles. The number of hydrogen-bond donors (Lipinski definition) is 1. The second kappa shape index (κ2) is 7.84. The molecule has 0 radical (unpaired) electrons. The Balaban J connectivity index is 1.69. The van der Waals surface area contributed by atoms with Crippen molar-refractivity contribution in [3.63, 3.8) is 0 Å². The van der Waals surface area contributed by atoms with Gasteiger partial charge in [0.2, 0.25) is 5.91 Å². The van der Waals surface area contributed by atoms with Crippen molar-refractivity contribution >= 4 is 28.4 Å². The van der Waals surface area contributed by atoms with Gasteiger partial charge in [0.05, 0.1) is 22.3 Å². The fraction of sp³-hybridized carbons (Fsp3) is 0.154. The van der Waals surface area contributed by atoms with Crippen molar-refractivity contribution in [1.29, 1.82) is 0 Å². The topological polar surface area (TPSA) is 81.8 Å². The van der Waals surface area contributed by atoms with E-state index in [4.69, 9.17) is 22.3 Å². The van der Waals surface area contributed by atoms with Crippen LogP contribution in [0.2, 0.25) is 5.15 Å². The number of allylic oxidation sites excluding steroid dienone is 1. The Kier molecular flexibility index (Phi) is 4.98. The average Bonchev–Trinajstić information content (AvgIpc) is 2.79. The Morgan fingerprint density at radius 2 is 1.75 bits per heavy atom. The van der Waals surface area contributed by atoms with E-state index in [1.807, 2.05) is 60.7 Å². The number of carbonyl (C=O) groups is 1. The van der Waals surface area contributed by atoms with Gasteiger partial charge in [-0.3, -0.25) is 9.78 Å². The Morgan fingerprint density at radius 3 is 2.44 bits per heavy atom. The van der Waals surface area contributed by atoms with E-state index < -0.39 is 11.3 Å². The van der Waals surface area contributed by atoms with Crippen molar-refractivity contribution in [1.82, 2.24) is 15.0 Å². The summed E-state index contributed by atoms with van der Waals surface area (Å²) in [5, 5.41) is 1.27. The van der Waals surface area contributed by atoms with Crippen LogP contribution in [0, 0.1) is 5.41 Å². The van der Waals surface area contributed by atoms with Crippen molar-refractivity contribution in [2.45, 2.75) is 18.8 Å². The Hall–Kier alpha value is -3.57. The lowest BCUT2D eigenvalue weighted by Gasteiger charge is -2.46. The minimum absolute atomic E-state index is 0.265. The number of amides is 1. The summed E-state index contributed by atoms with van der Waals surface area (Å²) in [5.41, 5.74) is 10.3. The zero-order valence-electron chi connectivity index (χ0n) is 17.3. The van der Waals surface area contributed by atoms with Gasteiger partial charge in [0, 0.05) is 29.3 Å². The van der Waals surface area contributed by atoms with Crippen molar-refractivity contribution < 1.29 is 4.79 Å². The van der Waals surface area contributed by atoms with Crippen LogP contribution in [0.3, 0.4) is 0 Å². The van der Waals surface area contributed by atoms with Crippen LogP contribution in [0.15, 0.2) is 85.2 Å². The van der Waals surface area contributed by atoms with Crippen molar-refractivity contribution in [3.8, 4) is 11.3 Å². The van der Waals surface area contributed by atoms with Crippen molar-refractivity contribution in [2.24, 2.45) is 11.1 Å². The number of benzene rings is 2. The van der Waals surface area contributed by atoms with E-state index in [9.17, 15) is 4.79 Å². The normalized spacial score (nSPS) is 15.8. The number of aromatic nitrogens is 3. The molecule has 1 unspecified atom stereocenters. The number of hydrogen-bond acceptors (Lipinski definition) is 4. The summed E-state index contributed by atoms with van der Waals surface area (Å²) < 4.78 is 0. The average molecular weight is 441 g/mol. The lowest BCUT2D eigenvalue weighted by Crippen LogP contribution is -2.49. The molecule has 5 nitrogen and oxygen atoms in total. The van der Waals surface area contributed by atoms with E-state index in [1.54, 1.807) is 6.20 Å². The van der Waals surface area contributed by atoms with Gasteiger partial charge in [0.25, 0.3) is 0 Å². The van der Waals surface area contributed by atoms with Crippen molar-refractivity contribution in [2.75, 3.05) is 0 Å². The number of carbonyl (C=O) groups excluding carboxylic acids is 1. The highest BCUT2D eigenvalue weighted by Gasteiger charge is 2.53. The first-order valence-electron chi connectivity index (χ1n) is 10.4. The summed E-state index contributed by atoms with van der Waals surface area (Å²) in [6.07, 6.45) is 4.11. The lowest BCUT2D eigenvalue weighted by molar-refractivity contribution is -0.131. The maximum atomic E-state index is 12.7. The summed E-state index contributed by atoms with van der Waals surface area (Å²) in [5.74, 6) is -0.832. The summed E-state index contributed by atoms with van der Waals surface area (Å²) in [6, 6.07) is 20.1. The first kappa shape index (κ1) is 20.3. The molecule has 1 aliphatic rings. The number of nitrogens with zero attached hydrogens (tertiary/aromatic N) is 3. The molecule has 4 aromatic rings. The standard InChI is InChI=1S/C26H21ClN4O/c1-16-14-26(15-16,25(28)32)22(23-24(27)30-12-11-29-23)19-8-7-18-9-10-20(31-21(18)13-19)17-5-3-2-4-6-17/h2-13,22H,1,14-15H2,(H2,28,32). The molecule has 2 N–H and O–H groups in total. The molecule has 1 fully saturated rings. The van der Waals surface area contributed by atoms with Gasteiger partial charge in [-0.15, -0.1) is 0 Å². The second-order valence-corrected chi connectivity index (χ2v) is 8.66. The van der Waals surface area contributed by atoms with Crippen LogP contribution in [0.4, 0.5) is 0 Å². The number of nitrogens with two attached hydrogens (primary N) is 1. The molecule has 6 heteroatoms. The highest BCUT2D eigenvalue weighted by Crippen LogP contribution is 2.56. The molecule has 0 spiro atoms. The quantitative estimate of drug-likeness (QED) is 0.427. The lowest BCUT2D eigenvalue weighted by atomic mass is 9.56. The largest absolute Gasteiger partial charge is 0.369 e. The van der Waals surface area contributed by atoms with E-state index >= 15 is 0 Å². The van der Waals surface area contributed by atoms with Crippen LogP contribution in [-0.2, 0) is 4.79 Å². The predicted octanol–water partition coefficient (Wildman–Crippen LogP) is 5.30. The van der Waals surface area contributed by atoms with E-state index in [1.165, 1.54) is 6.20 Å². The number of rotatable bonds is 5. The molecular formula is C26H21ClN4O. The second-order valence-electron chi connectivity index (χ2n) is 8.30. The van der Waals surface area contributed by atoms with Crippen molar-refractivity contribution in [3.05, 3.63) is 102 Å².